The van der Waals surface area contributed by atoms with Gasteiger partial charge in [0.15, 0.2) is 0 Å². The number of fused-ring (bicyclic) bond motifs is 1. The molecule has 0 aromatic heterocycles. The quantitative estimate of drug-likeness (QED) is 0.621. The van der Waals surface area contributed by atoms with E-state index in [1.165, 1.54) is 33.1 Å². The van der Waals surface area contributed by atoms with Crippen molar-refractivity contribution in [2.24, 2.45) is 0 Å². The molecule has 0 radical (unpaired) electrons. The maximum Gasteiger partial charge on any atom is 0.330 e. The highest BCUT2D eigenvalue weighted by Gasteiger charge is 2.38. The number of amides is 3. The number of ether oxygens (including phenoxy) is 1. The molecule has 0 unspecified atom stereocenters. The number of halogens is 1. The van der Waals surface area contributed by atoms with Gasteiger partial charge in [0.25, 0.3) is 11.8 Å². The summed E-state index contributed by atoms with van der Waals surface area (Å²) in [6.45, 7) is 2.47. The van der Waals surface area contributed by atoms with E-state index in [1.807, 2.05) is 0 Å². The molecular formula is C15H15BrN2O5. The van der Waals surface area contributed by atoms with Crippen LogP contribution in [-0.2, 0) is 14.3 Å². The Balaban J connectivity index is 2.13. The second kappa shape index (κ2) is 6.11. The number of imide groups is 1. The number of nitrogens with one attached hydrogen (secondary N) is 1. The van der Waals surface area contributed by atoms with Gasteiger partial charge in [0.1, 0.15) is 12.1 Å². The first-order valence-corrected chi connectivity index (χ1v) is 7.52. The molecule has 0 fully saturated rings. The molecule has 7 nitrogen and oxygen atoms in total. The van der Waals surface area contributed by atoms with Crippen LogP contribution in [0, 0.1) is 0 Å². The Bertz CT molecular complexity index is 714. The van der Waals surface area contributed by atoms with Crippen molar-refractivity contribution in [3.05, 3.63) is 33.8 Å². The molecule has 0 aliphatic carbocycles. The van der Waals surface area contributed by atoms with Crippen molar-refractivity contribution in [3.63, 3.8) is 0 Å². The molecule has 1 N–H and O–H groups in total. The SMILES string of the molecule is COC(=O)C(C)(C)NC(=O)CN1C(=O)c2ccc(Br)cc2C1=O. The van der Waals surface area contributed by atoms with Crippen molar-refractivity contribution in [1.29, 1.82) is 0 Å². The van der Waals surface area contributed by atoms with Crippen LogP contribution in [0.25, 0.3) is 0 Å². The molecule has 0 bridgehead atoms. The molecule has 8 heteroatoms. The van der Waals surface area contributed by atoms with Gasteiger partial charge >= 0.3 is 5.97 Å². The lowest BCUT2D eigenvalue weighted by atomic mass is 10.1. The summed E-state index contributed by atoms with van der Waals surface area (Å²) in [6, 6.07) is 4.70. The number of benzene rings is 1. The average molecular weight is 383 g/mol. The second-order valence-electron chi connectivity index (χ2n) is 5.55. The molecule has 1 heterocycles. The van der Waals surface area contributed by atoms with E-state index in [-0.39, 0.29) is 11.1 Å². The first-order chi connectivity index (χ1) is 10.7. The lowest BCUT2D eigenvalue weighted by molar-refractivity contribution is -0.149. The highest BCUT2D eigenvalue weighted by atomic mass is 79.9. The third-order valence-electron chi connectivity index (χ3n) is 3.38. The summed E-state index contributed by atoms with van der Waals surface area (Å²) in [5.41, 5.74) is -0.768. The Morgan fingerprint density at radius 2 is 1.83 bits per heavy atom. The molecule has 0 atom stereocenters. The van der Waals surface area contributed by atoms with Gasteiger partial charge in [0.2, 0.25) is 5.91 Å². The number of hydrogen-bond donors (Lipinski definition) is 1. The summed E-state index contributed by atoms with van der Waals surface area (Å²) < 4.78 is 5.25. The normalized spacial score (nSPS) is 13.8. The van der Waals surface area contributed by atoms with Crippen LogP contribution < -0.4 is 5.32 Å². The third kappa shape index (κ3) is 3.26. The van der Waals surface area contributed by atoms with Crippen LogP contribution >= 0.6 is 15.9 Å². The van der Waals surface area contributed by atoms with Gasteiger partial charge < -0.3 is 10.1 Å². The maximum absolute atomic E-state index is 12.3. The molecule has 0 saturated carbocycles. The van der Waals surface area contributed by atoms with Gasteiger partial charge in [-0.25, -0.2) is 4.79 Å². The number of carbonyl (C=O) groups is 4. The van der Waals surface area contributed by atoms with Gasteiger partial charge in [-0.05, 0) is 32.0 Å². The van der Waals surface area contributed by atoms with Gasteiger partial charge in [0.05, 0.1) is 18.2 Å². The van der Waals surface area contributed by atoms with Crippen LogP contribution in [0.5, 0.6) is 0 Å². The number of esters is 1. The molecule has 1 aliphatic rings. The van der Waals surface area contributed by atoms with E-state index in [0.29, 0.717) is 4.47 Å². The minimum atomic E-state index is -1.26. The van der Waals surface area contributed by atoms with E-state index in [2.05, 4.69) is 26.0 Å². The first-order valence-electron chi connectivity index (χ1n) is 6.72. The summed E-state index contributed by atoms with van der Waals surface area (Å²) in [5, 5.41) is 2.44. The van der Waals surface area contributed by atoms with Crippen molar-refractivity contribution in [1.82, 2.24) is 10.2 Å². The van der Waals surface area contributed by atoms with Gasteiger partial charge in [-0.3, -0.25) is 19.3 Å². The molecule has 122 valence electrons. The number of carbonyl (C=O) groups excluding carboxylic acids is 4. The Morgan fingerprint density at radius 3 is 2.43 bits per heavy atom. The van der Waals surface area contributed by atoms with E-state index in [9.17, 15) is 19.2 Å². The van der Waals surface area contributed by atoms with E-state index >= 15 is 0 Å². The zero-order valence-electron chi connectivity index (χ0n) is 12.8. The lowest BCUT2D eigenvalue weighted by Gasteiger charge is -2.24. The zero-order chi connectivity index (χ0) is 17.4. The van der Waals surface area contributed by atoms with Crippen LogP contribution in [0.1, 0.15) is 34.6 Å². The van der Waals surface area contributed by atoms with Crippen LogP contribution in [0.15, 0.2) is 22.7 Å². The Morgan fingerprint density at radius 1 is 1.22 bits per heavy atom. The highest BCUT2D eigenvalue weighted by molar-refractivity contribution is 9.10. The molecular weight excluding hydrogens is 368 g/mol. The number of nitrogens with zero attached hydrogens (tertiary/aromatic N) is 1. The second-order valence-corrected chi connectivity index (χ2v) is 6.47. The largest absolute Gasteiger partial charge is 0.467 e. The summed E-state index contributed by atoms with van der Waals surface area (Å²) in [5.74, 6) is -2.34. The third-order valence-corrected chi connectivity index (χ3v) is 3.88. The predicted molar refractivity (Wildman–Crippen MR) is 83.7 cm³/mol. The molecule has 2 rings (SSSR count). The van der Waals surface area contributed by atoms with Crippen molar-refractivity contribution in [2.75, 3.05) is 13.7 Å². The Labute approximate surface area is 141 Å². The fraction of sp³-hybridized carbons (Fsp3) is 0.333. The summed E-state index contributed by atoms with van der Waals surface area (Å²) in [4.78, 5) is 49.0. The standard InChI is InChI=1S/C15H15BrN2O5/c1-15(2,14(22)23-3)17-11(19)7-18-12(20)9-5-4-8(16)6-10(9)13(18)21/h4-6H,7H2,1-3H3,(H,17,19). The number of hydrogen-bond acceptors (Lipinski definition) is 5. The molecule has 1 aromatic rings. The fourth-order valence-corrected chi connectivity index (χ4v) is 2.61. The molecule has 1 aliphatic heterocycles. The Kier molecular flexibility index (Phi) is 4.56. The summed E-state index contributed by atoms with van der Waals surface area (Å²) in [7, 11) is 1.21. The summed E-state index contributed by atoms with van der Waals surface area (Å²) in [6.07, 6.45) is 0. The first kappa shape index (κ1) is 17.1. The molecule has 1 aromatic carbocycles. The van der Waals surface area contributed by atoms with E-state index in [1.54, 1.807) is 6.07 Å². The van der Waals surface area contributed by atoms with Gasteiger partial charge in [0, 0.05) is 4.47 Å². The minimum Gasteiger partial charge on any atom is -0.467 e. The van der Waals surface area contributed by atoms with E-state index < -0.39 is 35.8 Å². The van der Waals surface area contributed by atoms with Crippen LogP contribution in [0.3, 0.4) is 0 Å². The van der Waals surface area contributed by atoms with Crippen molar-refractivity contribution < 1.29 is 23.9 Å². The number of methoxy groups -OCH3 is 1. The monoisotopic (exact) mass is 382 g/mol. The zero-order valence-corrected chi connectivity index (χ0v) is 14.4. The topological polar surface area (TPSA) is 92.8 Å². The smallest absolute Gasteiger partial charge is 0.330 e. The van der Waals surface area contributed by atoms with Crippen LogP contribution in [0.4, 0.5) is 0 Å². The van der Waals surface area contributed by atoms with Crippen molar-refractivity contribution in [2.45, 2.75) is 19.4 Å². The molecule has 3 amide bonds. The number of rotatable bonds is 4. The van der Waals surface area contributed by atoms with Gasteiger partial charge in [-0.2, -0.15) is 0 Å². The van der Waals surface area contributed by atoms with Gasteiger partial charge in [-0.15, -0.1) is 0 Å². The lowest BCUT2D eigenvalue weighted by Crippen LogP contribution is -2.53. The predicted octanol–water partition coefficient (Wildman–Crippen LogP) is 1.11. The van der Waals surface area contributed by atoms with E-state index in [0.717, 1.165) is 4.90 Å². The van der Waals surface area contributed by atoms with E-state index in [4.69, 9.17) is 0 Å². The molecule has 23 heavy (non-hydrogen) atoms. The molecule has 0 spiro atoms. The highest BCUT2D eigenvalue weighted by Crippen LogP contribution is 2.25. The van der Waals surface area contributed by atoms with Gasteiger partial charge in [-0.1, -0.05) is 15.9 Å². The maximum atomic E-state index is 12.3. The summed E-state index contributed by atoms with van der Waals surface area (Å²) >= 11 is 3.23. The fourth-order valence-electron chi connectivity index (χ4n) is 2.24. The Hall–Kier alpha value is -2.22. The van der Waals surface area contributed by atoms with Crippen molar-refractivity contribution >= 4 is 39.6 Å². The van der Waals surface area contributed by atoms with Crippen LogP contribution in [-0.4, -0.2) is 47.8 Å². The van der Waals surface area contributed by atoms with Crippen LogP contribution in [0.2, 0.25) is 0 Å². The van der Waals surface area contributed by atoms with Crippen molar-refractivity contribution in [3.8, 4) is 0 Å². The molecule has 0 saturated heterocycles. The minimum absolute atomic E-state index is 0.240. The average Bonchev–Trinajstić information content (AvgIpc) is 2.70.